The smallest absolute Gasteiger partial charge is 0.115 e. The molecule has 0 spiro atoms. The Morgan fingerprint density at radius 3 is 2.14 bits per heavy atom. The van der Waals surface area contributed by atoms with Gasteiger partial charge in [-0.15, -0.1) is 0 Å². The molecule has 0 heterocycles. The van der Waals surface area contributed by atoms with E-state index in [9.17, 15) is 5.11 Å². The van der Waals surface area contributed by atoms with Crippen LogP contribution in [0, 0.1) is 0 Å². The second-order valence-electron chi connectivity index (χ2n) is 3.11. The fourth-order valence-corrected chi connectivity index (χ4v) is 0.723. The minimum atomic E-state index is 0.251. The Morgan fingerprint density at radius 2 is 1.57 bits per heavy atom. The average molecular weight is 190 g/mol. The first-order chi connectivity index (χ1) is 6.66. The number of allylic oxidation sites excluding steroid dienone is 9. The van der Waals surface area contributed by atoms with Crippen LogP contribution in [0.4, 0.5) is 0 Å². The zero-order chi connectivity index (χ0) is 10.8. The first-order valence-electron chi connectivity index (χ1n) is 4.67. The Labute approximate surface area is 86.5 Å². The lowest BCUT2D eigenvalue weighted by atomic mass is 10.3. The van der Waals surface area contributed by atoms with E-state index in [1.165, 1.54) is 5.57 Å². The van der Waals surface area contributed by atoms with Gasteiger partial charge in [0.15, 0.2) is 0 Å². The fraction of sp³-hybridized carbons (Fsp3) is 0.231. The molecular formula is C13H18O. The first kappa shape index (κ1) is 12.5. The molecule has 0 aromatic heterocycles. The summed E-state index contributed by atoms with van der Waals surface area (Å²) in [5, 5.41) is 9.31. The molecule has 1 N–H and O–H groups in total. The lowest BCUT2D eigenvalue weighted by Crippen LogP contribution is -1.70. The van der Waals surface area contributed by atoms with E-state index in [0.29, 0.717) is 0 Å². The van der Waals surface area contributed by atoms with Crippen molar-refractivity contribution in [3.63, 3.8) is 0 Å². The summed E-state index contributed by atoms with van der Waals surface area (Å²) in [6, 6.07) is 0. The summed E-state index contributed by atoms with van der Waals surface area (Å²) in [6.45, 7) is 5.99. The molecule has 1 nitrogen and oxygen atoms in total. The molecule has 0 aliphatic carbocycles. The van der Waals surface area contributed by atoms with Crippen molar-refractivity contribution >= 4 is 0 Å². The third-order valence-electron chi connectivity index (χ3n) is 1.38. The normalized spacial score (nSPS) is 13.2. The van der Waals surface area contributed by atoms with Crippen LogP contribution < -0.4 is 0 Å². The maximum absolute atomic E-state index is 9.31. The molecular weight excluding hydrogens is 172 g/mol. The van der Waals surface area contributed by atoms with Gasteiger partial charge < -0.3 is 5.11 Å². The van der Waals surface area contributed by atoms with Crippen molar-refractivity contribution < 1.29 is 5.11 Å². The third kappa shape index (κ3) is 8.60. The number of aliphatic hydroxyl groups excluding tert-OH is 1. The second kappa shape index (κ2) is 8.11. The van der Waals surface area contributed by atoms with Crippen LogP contribution in [0.5, 0.6) is 0 Å². The highest BCUT2D eigenvalue weighted by Gasteiger charge is 1.78. The molecule has 76 valence electrons. The van der Waals surface area contributed by atoms with Gasteiger partial charge in [0.05, 0.1) is 0 Å². The van der Waals surface area contributed by atoms with Crippen LogP contribution in [-0.2, 0) is 0 Å². The molecule has 14 heavy (non-hydrogen) atoms. The van der Waals surface area contributed by atoms with Gasteiger partial charge in [0.25, 0.3) is 0 Å². The van der Waals surface area contributed by atoms with E-state index in [4.69, 9.17) is 0 Å². The van der Waals surface area contributed by atoms with Crippen LogP contribution in [0.25, 0.3) is 0 Å². The number of aliphatic hydroxyl groups is 1. The summed E-state index contributed by atoms with van der Waals surface area (Å²) in [7, 11) is 0. The molecule has 0 rings (SSSR count). The van der Waals surface area contributed by atoms with Gasteiger partial charge in [-0.3, -0.25) is 0 Å². The van der Waals surface area contributed by atoms with E-state index in [2.05, 4.69) is 0 Å². The van der Waals surface area contributed by atoms with E-state index in [-0.39, 0.29) is 5.76 Å². The molecule has 0 aromatic rings. The first-order valence-corrected chi connectivity index (χ1v) is 4.67. The highest BCUT2D eigenvalue weighted by molar-refractivity contribution is 5.22. The van der Waals surface area contributed by atoms with Crippen LogP contribution in [-0.4, -0.2) is 5.11 Å². The Morgan fingerprint density at radius 1 is 0.929 bits per heavy atom. The SMILES string of the molecule is C/C=C/C=C/C(O)=C/C=C/C=C(C)C. The van der Waals surface area contributed by atoms with Crippen molar-refractivity contribution in [1.82, 2.24) is 0 Å². The lowest BCUT2D eigenvalue weighted by molar-refractivity contribution is 0.432. The molecule has 0 atom stereocenters. The average Bonchev–Trinajstić information content (AvgIpc) is 2.13. The van der Waals surface area contributed by atoms with Crippen molar-refractivity contribution in [2.75, 3.05) is 0 Å². The van der Waals surface area contributed by atoms with E-state index >= 15 is 0 Å². The van der Waals surface area contributed by atoms with Gasteiger partial charge in [-0.25, -0.2) is 0 Å². The summed E-state index contributed by atoms with van der Waals surface area (Å²) < 4.78 is 0. The van der Waals surface area contributed by atoms with Gasteiger partial charge in [0.1, 0.15) is 5.76 Å². The van der Waals surface area contributed by atoms with Crippen LogP contribution in [0.2, 0.25) is 0 Å². The Balaban J connectivity index is 4.12. The maximum Gasteiger partial charge on any atom is 0.115 e. The van der Waals surface area contributed by atoms with E-state index in [1.807, 2.05) is 51.2 Å². The van der Waals surface area contributed by atoms with Gasteiger partial charge in [0.2, 0.25) is 0 Å². The lowest BCUT2D eigenvalue weighted by Gasteiger charge is -1.85. The molecule has 0 aliphatic rings. The Hall–Kier alpha value is -1.50. The predicted molar refractivity (Wildman–Crippen MR) is 63.2 cm³/mol. The quantitative estimate of drug-likeness (QED) is 0.523. The summed E-state index contributed by atoms with van der Waals surface area (Å²) in [5.74, 6) is 0.251. The van der Waals surface area contributed by atoms with Crippen molar-refractivity contribution in [2.24, 2.45) is 0 Å². The van der Waals surface area contributed by atoms with Crippen LogP contribution in [0.1, 0.15) is 20.8 Å². The van der Waals surface area contributed by atoms with Crippen LogP contribution in [0.15, 0.2) is 59.9 Å². The minimum Gasteiger partial charge on any atom is -0.508 e. The molecule has 0 aliphatic heterocycles. The molecule has 0 saturated carbocycles. The van der Waals surface area contributed by atoms with E-state index in [0.717, 1.165) is 0 Å². The molecule has 0 bridgehead atoms. The van der Waals surface area contributed by atoms with Crippen molar-refractivity contribution in [3.05, 3.63) is 59.9 Å². The van der Waals surface area contributed by atoms with E-state index in [1.54, 1.807) is 18.2 Å². The zero-order valence-corrected chi connectivity index (χ0v) is 9.07. The third-order valence-corrected chi connectivity index (χ3v) is 1.38. The van der Waals surface area contributed by atoms with Gasteiger partial charge in [0, 0.05) is 0 Å². The highest BCUT2D eigenvalue weighted by Crippen LogP contribution is 1.94. The molecule has 0 aromatic carbocycles. The topological polar surface area (TPSA) is 20.2 Å². The minimum absolute atomic E-state index is 0.251. The molecule has 1 heteroatoms. The largest absolute Gasteiger partial charge is 0.508 e. The summed E-state index contributed by atoms with van der Waals surface area (Å²) in [5.41, 5.74) is 1.23. The number of hydrogen-bond donors (Lipinski definition) is 1. The molecule has 0 radical (unpaired) electrons. The predicted octanol–water partition coefficient (Wildman–Crippen LogP) is 4.08. The summed E-state index contributed by atoms with van der Waals surface area (Å²) in [4.78, 5) is 0. The van der Waals surface area contributed by atoms with Gasteiger partial charge in [-0.2, -0.15) is 0 Å². The number of hydrogen-bond acceptors (Lipinski definition) is 1. The van der Waals surface area contributed by atoms with Crippen LogP contribution >= 0.6 is 0 Å². The van der Waals surface area contributed by atoms with Crippen molar-refractivity contribution in [2.45, 2.75) is 20.8 Å². The maximum atomic E-state index is 9.31. The molecule has 0 saturated heterocycles. The molecule has 0 amide bonds. The zero-order valence-electron chi connectivity index (χ0n) is 9.07. The second-order valence-corrected chi connectivity index (χ2v) is 3.11. The van der Waals surface area contributed by atoms with Gasteiger partial charge in [-0.05, 0) is 32.9 Å². The Kier molecular flexibility index (Phi) is 7.24. The van der Waals surface area contributed by atoms with Crippen LogP contribution in [0.3, 0.4) is 0 Å². The van der Waals surface area contributed by atoms with Crippen molar-refractivity contribution in [1.29, 1.82) is 0 Å². The molecule has 0 unspecified atom stereocenters. The van der Waals surface area contributed by atoms with Gasteiger partial charge in [-0.1, -0.05) is 42.0 Å². The standard InChI is InChI=1S/C13H18O/c1-4-5-6-10-13(14)11-8-7-9-12(2)3/h4-11,14H,1-3H3/b5-4+,8-7+,10-6+,13-11-. The number of rotatable bonds is 4. The summed E-state index contributed by atoms with van der Waals surface area (Å²) in [6.07, 6.45) is 14.6. The van der Waals surface area contributed by atoms with Gasteiger partial charge >= 0.3 is 0 Å². The fourth-order valence-electron chi connectivity index (χ4n) is 0.723. The monoisotopic (exact) mass is 190 g/mol. The highest BCUT2D eigenvalue weighted by atomic mass is 16.3. The summed E-state index contributed by atoms with van der Waals surface area (Å²) >= 11 is 0. The molecule has 0 fully saturated rings. The van der Waals surface area contributed by atoms with E-state index < -0.39 is 0 Å². The Bertz CT molecular complexity index is 284. The van der Waals surface area contributed by atoms with Crippen molar-refractivity contribution in [3.8, 4) is 0 Å².